The third-order valence-electron chi connectivity index (χ3n) is 8.03. The molecule has 0 radical (unpaired) electrons. The Labute approximate surface area is 217 Å². The summed E-state index contributed by atoms with van der Waals surface area (Å²) in [5, 5.41) is 3.06. The number of rotatable bonds is 0. The predicted octanol–water partition coefficient (Wildman–Crippen LogP) is 6.49. The quantitative estimate of drug-likeness (QED) is 0.403. The average Bonchev–Trinajstić information content (AvgIpc) is 3.02. The fraction of sp³-hybridized carbons (Fsp3) is 0.704. The van der Waals surface area contributed by atoms with E-state index in [9.17, 15) is 9.59 Å². The molecule has 0 aromatic heterocycles. The molecule has 1 aromatic carbocycles. The van der Waals surface area contributed by atoms with Crippen molar-refractivity contribution in [3.63, 3.8) is 0 Å². The fourth-order valence-electron chi connectivity index (χ4n) is 6.10. The number of carbonyl (C=O) groups excluding carboxylic acids is 2. The molecule has 2 fully saturated rings. The van der Waals surface area contributed by atoms with E-state index in [0.717, 1.165) is 37.8 Å². The molecule has 34 heavy (non-hydrogen) atoms. The van der Waals surface area contributed by atoms with Gasteiger partial charge in [-0.25, -0.2) is 0 Å². The highest BCUT2D eigenvalue weighted by Crippen LogP contribution is 2.46. The second-order valence-electron chi connectivity index (χ2n) is 10.2. The van der Waals surface area contributed by atoms with Gasteiger partial charge in [0.25, 0.3) is 0 Å². The van der Waals surface area contributed by atoms with Crippen LogP contribution in [0.5, 0.6) is 0 Å². The Hall–Kier alpha value is -1.30. The van der Waals surface area contributed by atoms with Gasteiger partial charge in [-0.15, -0.1) is 24.8 Å². The zero-order chi connectivity index (χ0) is 22.3. The summed E-state index contributed by atoms with van der Waals surface area (Å²) in [7, 11) is 2.23. The minimum atomic E-state index is -0.0320. The van der Waals surface area contributed by atoms with Crippen LogP contribution in [0.15, 0.2) is 24.3 Å². The van der Waals surface area contributed by atoms with E-state index < -0.39 is 0 Å². The Bertz CT molecular complexity index is 774. The third kappa shape index (κ3) is 7.60. The number of piperidine rings is 1. The van der Waals surface area contributed by atoms with Crippen molar-refractivity contribution in [3.8, 4) is 0 Å². The van der Waals surface area contributed by atoms with E-state index in [4.69, 9.17) is 4.74 Å². The highest BCUT2D eigenvalue weighted by atomic mass is 35.5. The molecule has 1 amide bonds. The highest BCUT2D eigenvalue weighted by molar-refractivity contribution is 5.90. The monoisotopic (exact) mass is 512 g/mol. The van der Waals surface area contributed by atoms with Gasteiger partial charge in [-0.3, -0.25) is 9.59 Å². The number of halogens is 2. The number of nitrogens with one attached hydrogen (secondary N) is 1. The van der Waals surface area contributed by atoms with Gasteiger partial charge in [-0.2, -0.15) is 0 Å². The topological polar surface area (TPSA) is 58.6 Å². The van der Waals surface area contributed by atoms with E-state index in [1.165, 1.54) is 44.1 Å². The number of nitrogens with zero attached hydrogens (tertiary/aromatic N) is 1. The van der Waals surface area contributed by atoms with Crippen LogP contribution in [0, 0.1) is 5.92 Å². The first-order valence-electron chi connectivity index (χ1n) is 12.9. The van der Waals surface area contributed by atoms with Crippen molar-refractivity contribution >= 4 is 42.4 Å². The number of ether oxygens (including phenoxy) is 1. The molecular weight excluding hydrogens is 471 g/mol. The van der Waals surface area contributed by atoms with Crippen LogP contribution >= 0.6 is 24.8 Å². The van der Waals surface area contributed by atoms with Gasteiger partial charge in [0.2, 0.25) is 5.91 Å². The molecule has 1 aromatic rings. The second-order valence-corrected chi connectivity index (χ2v) is 10.2. The normalized spacial score (nSPS) is 29.4. The molecule has 0 aliphatic carbocycles. The minimum absolute atomic E-state index is 0. The van der Waals surface area contributed by atoms with Gasteiger partial charge in [-0.1, -0.05) is 50.7 Å². The van der Waals surface area contributed by atoms with Crippen molar-refractivity contribution in [1.29, 1.82) is 0 Å². The zero-order valence-corrected chi connectivity index (χ0v) is 22.1. The first kappa shape index (κ1) is 28.9. The predicted molar refractivity (Wildman–Crippen MR) is 142 cm³/mol. The van der Waals surface area contributed by atoms with Gasteiger partial charge >= 0.3 is 5.97 Å². The maximum Gasteiger partial charge on any atom is 0.305 e. The summed E-state index contributed by atoms with van der Waals surface area (Å²) < 4.78 is 5.84. The van der Waals surface area contributed by atoms with Crippen molar-refractivity contribution < 1.29 is 14.3 Å². The molecule has 0 spiro atoms. The number of anilines is 1. The van der Waals surface area contributed by atoms with E-state index in [1.54, 1.807) is 0 Å². The van der Waals surface area contributed by atoms with Crippen LogP contribution in [0.4, 0.5) is 5.69 Å². The SMILES string of the molecule is CN1[C@H]2CC[C@@H]1[C@H]1COC(=O)CCCCCCCCCCC(=O)Nc3ccc(cc3)[C@H]1C2.Cl.Cl. The standard InChI is InChI=1S/C27H40N2O3.2ClH/c1-29-22-16-17-25(29)24-19-32-27(31)11-9-7-5-3-2-4-6-8-10-26(30)28-21-14-12-20(13-15-21)23(24)18-22;;/h12-15,22-25H,2-11,16-19H2,1H3,(H,28,30);2*1H/t22-,23+,24-,25+;;/m0../s1. The summed E-state index contributed by atoms with van der Waals surface area (Å²) in [6.45, 7) is 0.518. The lowest BCUT2D eigenvalue weighted by atomic mass is 9.76. The van der Waals surface area contributed by atoms with Crippen molar-refractivity contribution in [2.24, 2.45) is 5.92 Å². The molecule has 7 heteroatoms. The Balaban J connectivity index is 0.00000204. The molecular formula is C27H42Cl2N2O3. The number of amides is 1. The van der Waals surface area contributed by atoms with E-state index in [-0.39, 0.29) is 36.7 Å². The van der Waals surface area contributed by atoms with Crippen molar-refractivity contribution in [3.05, 3.63) is 29.8 Å². The second kappa shape index (κ2) is 14.3. The molecule has 4 atom stereocenters. The number of benzene rings is 1. The van der Waals surface area contributed by atoms with Crippen molar-refractivity contribution in [2.75, 3.05) is 19.0 Å². The van der Waals surface area contributed by atoms with Gasteiger partial charge in [0.05, 0.1) is 6.61 Å². The molecule has 4 aliphatic rings. The molecule has 5 nitrogen and oxygen atoms in total. The smallest absolute Gasteiger partial charge is 0.305 e. The zero-order valence-electron chi connectivity index (χ0n) is 20.5. The van der Waals surface area contributed by atoms with E-state index >= 15 is 0 Å². The first-order chi connectivity index (χ1) is 15.6. The van der Waals surface area contributed by atoms with Crippen LogP contribution in [0.1, 0.15) is 95.0 Å². The largest absolute Gasteiger partial charge is 0.465 e. The molecule has 5 rings (SSSR count). The Morgan fingerprint density at radius 3 is 2.15 bits per heavy atom. The molecule has 4 aliphatic heterocycles. The summed E-state index contributed by atoms with van der Waals surface area (Å²) in [6.07, 6.45) is 13.6. The van der Waals surface area contributed by atoms with Gasteiger partial charge < -0.3 is 15.0 Å². The third-order valence-corrected chi connectivity index (χ3v) is 8.03. The van der Waals surface area contributed by atoms with Crippen molar-refractivity contribution in [1.82, 2.24) is 4.90 Å². The Kier molecular flexibility index (Phi) is 12.2. The average molecular weight is 514 g/mol. The summed E-state index contributed by atoms with van der Waals surface area (Å²) in [5.41, 5.74) is 2.18. The summed E-state index contributed by atoms with van der Waals surface area (Å²) >= 11 is 0. The van der Waals surface area contributed by atoms with Crippen LogP contribution in [0.25, 0.3) is 0 Å². The van der Waals surface area contributed by atoms with E-state index in [1.807, 2.05) is 12.1 Å². The molecule has 0 saturated carbocycles. The van der Waals surface area contributed by atoms with Crippen LogP contribution < -0.4 is 5.32 Å². The van der Waals surface area contributed by atoms with Gasteiger partial charge in [0, 0.05) is 36.5 Å². The van der Waals surface area contributed by atoms with Crippen LogP contribution in [-0.2, 0) is 14.3 Å². The highest BCUT2D eigenvalue weighted by Gasteiger charge is 2.46. The number of hydrogen-bond donors (Lipinski definition) is 1. The van der Waals surface area contributed by atoms with E-state index in [2.05, 4.69) is 29.4 Å². The molecule has 1 N–H and O–H groups in total. The number of carbonyl (C=O) groups is 2. The van der Waals surface area contributed by atoms with Crippen LogP contribution in [0.2, 0.25) is 0 Å². The molecule has 2 saturated heterocycles. The molecule has 4 heterocycles. The van der Waals surface area contributed by atoms with Crippen molar-refractivity contribution in [2.45, 2.75) is 101 Å². The van der Waals surface area contributed by atoms with Crippen LogP contribution in [-0.4, -0.2) is 42.5 Å². The molecule has 0 unspecified atom stereocenters. The molecule has 4 bridgehead atoms. The Morgan fingerprint density at radius 2 is 1.47 bits per heavy atom. The lowest BCUT2D eigenvalue weighted by Gasteiger charge is -2.43. The minimum Gasteiger partial charge on any atom is -0.465 e. The maximum absolute atomic E-state index is 12.4. The summed E-state index contributed by atoms with van der Waals surface area (Å²) in [5.74, 6) is 0.814. The van der Waals surface area contributed by atoms with E-state index in [0.29, 0.717) is 43.4 Å². The van der Waals surface area contributed by atoms with Gasteiger partial charge in [0.15, 0.2) is 0 Å². The number of esters is 1. The van der Waals surface area contributed by atoms with Crippen LogP contribution in [0.3, 0.4) is 0 Å². The first-order valence-corrected chi connectivity index (χ1v) is 12.9. The Morgan fingerprint density at radius 1 is 0.853 bits per heavy atom. The summed E-state index contributed by atoms with van der Waals surface area (Å²) in [6, 6.07) is 9.52. The lowest BCUT2D eigenvalue weighted by molar-refractivity contribution is -0.146. The summed E-state index contributed by atoms with van der Waals surface area (Å²) in [4.78, 5) is 27.3. The maximum atomic E-state index is 12.4. The lowest BCUT2D eigenvalue weighted by Crippen LogP contribution is -2.47. The number of fused-ring (bicyclic) bond motifs is 18. The molecule has 192 valence electrons. The van der Waals surface area contributed by atoms with Gasteiger partial charge in [-0.05, 0) is 62.8 Å². The van der Waals surface area contributed by atoms with Gasteiger partial charge in [0.1, 0.15) is 0 Å². The fourth-order valence-corrected chi connectivity index (χ4v) is 6.10. The number of hydrogen-bond acceptors (Lipinski definition) is 4.